The molecule has 0 aliphatic heterocycles. The Balaban J connectivity index is 2.41. The molecule has 96 valence electrons. The molecule has 0 amide bonds. The summed E-state index contributed by atoms with van der Waals surface area (Å²) < 4.78 is 15.1. The molecule has 0 heterocycles. The molecular weight excluding hydrogens is 218 g/mol. The molecule has 3 heteroatoms. The van der Waals surface area contributed by atoms with E-state index in [1.165, 1.54) is 25.7 Å². The van der Waals surface area contributed by atoms with Gasteiger partial charge in [-0.2, -0.15) is 0 Å². The van der Waals surface area contributed by atoms with E-state index in [-0.39, 0.29) is 4.75 Å². The average Bonchev–Trinajstić information content (AvgIpc) is 2.17. The first-order valence-corrected chi connectivity index (χ1v) is 7.63. The van der Waals surface area contributed by atoms with Gasteiger partial charge in [-0.3, -0.25) is 0 Å². The van der Waals surface area contributed by atoms with Crippen LogP contribution in [0, 0.1) is 11.8 Å². The first-order chi connectivity index (χ1) is 7.30. The van der Waals surface area contributed by atoms with Crippen LogP contribution < -0.4 is 4.72 Å². The molecule has 0 bridgehead atoms. The topological polar surface area (TPSA) is 29.1 Å². The first-order valence-electron chi connectivity index (χ1n) is 6.48. The van der Waals surface area contributed by atoms with Crippen LogP contribution in [0.4, 0.5) is 0 Å². The molecule has 0 aromatic rings. The van der Waals surface area contributed by atoms with Crippen molar-refractivity contribution in [2.75, 3.05) is 0 Å². The summed E-state index contributed by atoms with van der Waals surface area (Å²) in [5, 5.41) is 0. The summed E-state index contributed by atoms with van der Waals surface area (Å²) in [7, 11) is -0.928. The van der Waals surface area contributed by atoms with Gasteiger partial charge in [-0.05, 0) is 52.4 Å². The number of hydrogen-bond donors (Lipinski definition) is 1. The number of hydrogen-bond acceptors (Lipinski definition) is 1. The maximum atomic E-state index is 12.0. The SMILES string of the molecule is CC1CCC([C@H](C)NS(=O)C(C)(C)C)CC1. The van der Waals surface area contributed by atoms with E-state index in [4.69, 9.17) is 0 Å². The molecule has 1 N–H and O–H groups in total. The van der Waals surface area contributed by atoms with E-state index in [2.05, 4.69) is 18.6 Å². The summed E-state index contributed by atoms with van der Waals surface area (Å²) in [4.78, 5) is 0. The fourth-order valence-electron chi connectivity index (χ4n) is 2.23. The van der Waals surface area contributed by atoms with E-state index in [1.807, 2.05) is 20.8 Å². The van der Waals surface area contributed by atoms with Gasteiger partial charge in [0.15, 0.2) is 0 Å². The zero-order chi connectivity index (χ0) is 12.3. The predicted octanol–water partition coefficient (Wildman–Crippen LogP) is 3.25. The van der Waals surface area contributed by atoms with Crippen molar-refractivity contribution < 1.29 is 4.21 Å². The van der Waals surface area contributed by atoms with E-state index in [9.17, 15) is 4.21 Å². The molecule has 2 nitrogen and oxygen atoms in total. The van der Waals surface area contributed by atoms with Crippen LogP contribution in [0.3, 0.4) is 0 Å². The van der Waals surface area contributed by atoms with Crippen LogP contribution in [-0.4, -0.2) is 15.0 Å². The van der Waals surface area contributed by atoms with Gasteiger partial charge in [-0.1, -0.05) is 19.8 Å². The molecule has 2 atom stereocenters. The molecule has 1 aliphatic carbocycles. The Kier molecular flexibility index (Phi) is 4.99. The Hall–Kier alpha value is 0.110. The van der Waals surface area contributed by atoms with Crippen molar-refractivity contribution in [3.63, 3.8) is 0 Å². The van der Waals surface area contributed by atoms with E-state index in [0.717, 1.165) is 5.92 Å². The molecule has 1 aliphatic rings. The van der Waals surface area contributed by atoms with Crippen LogP contribution >= 0.6 is 0 Å². The molecule has 16 heavy (non-hydrogen) atoms. The largest absolute Gasteiger partial charge is 0.242 e. The third kappa shape index (κ3) is 4.17. The average molecular weight is 245 g/mol. The Bertz CT molecular complexity index is 239. The first kappa shape index (κ1) is 14.2. The van der Waals surface area contributed by atoms with Gasteiger partial charge in [0.2, 0.25) is 0 Å². The van der Waals surface area contributed by atoms with Gasteiger partial charge in [-0.15, -0.1) is 0 Å². The molecule has 0 aromatic carbocycles. The lowest BCUT2D eigenvalue weighted by molar-refractivity contribution is 0.254. The zero-order valence-corrected chi connectivity index (χ0v) is 12.2. The van der Waals surface area contributed by atoms with Gasteiger partial charge in [0, 0.05) is 6.04 Å². The van der Waals surface area contributed by atoms with Gasteiger partial charge in [0.05, 0.1) is 15.7 Å². The Morgan fingerprint density at radius 3 is 2.12 bits per heavy atom. The zero-order valence-electron chi connectivity index (χ0n) is 11.4. The number of nitrogens with one attached hydrogen (secondary N) is 1. The summed E-state index contributed by atoms with van der Waals surface area (Å²) in [5.74, 6) is 1.60. The highest BCUT2D eigenvalue weighted by molar-refractivity contribution is 7.84. The normalized spacial score (nSPS) is 31.1. The molecule has 1 fully saturated rings. The monoisotopic (exact) mass is 245 g/mol. The van der Waals surface area contributed by atoms with E-state index < -0.39 is 11.0 Å². The Morgan fingerprint density at radius 2 is 1.69 bits per heavy atom. The smallest absolute Gasteiger partial charge is 0.0972 e. The van der Waals surface area contributed by atoms with E-state index in [0.29, 0.717) is 12.0 Å². The summed E-state index contributed by atoms with van der Waals surface area (Å²) >= 11 is 0. The molecular formula is C13H27NOS. The van der Waals surface area contributed by atoms with Crippen LogP contribution in [0.25, 0.3) is 0 Å². The summed E-state index contributed by atoms with van der Waals surface area (Å²) in [6.45, 7) is 10.6. The van der Waals surface area contributed by atoms with Gasteiger partial charge in [0.1, 0.15) is 0 Å². The van der Waals surface area contributed by atoms with Gasteiger partial charge in [-0.25, -0.2) is 8.93 Å². The molecule has 1 saturated carbocycles. The van der Waals surface area contributed by atoms with Crippen molar-refractivity contribution in [1.29, 1.82) is 0 Å². The van der Waals surface area contributed by atoms with Crippen LogP contribution in [0.1, 0.15) is 60.3 Å². The van der Waals surface area contributed by atoms with Crippen LogP contribution in [0.2, 0.25) is 0 Å². The van der Waals surface area contributed by atoms with Gasteiger partial charge >= 0.3 is 0 Å². The lowest BCUT2D eigenvalue weighted by Gasteiger charge is -2.32. The second kappa shape index (κ2) is 5.63. The third-order valence-electron chi connectivity index (χ3n) is 3.62. The molecule has 0 spiro atoms. The van der Waals surface area contributed by atoms with E-state index >= 15 is 0 Å². The highest BCUT2D eigenvalue weighted by Gasteiger charge is 2.27. The minimum atomic E-state index is -0.928. The highest BCUT2D eigenvalue weighted by Crippen LogP contribution is 2.30. The maximum absolute atomic E-state index is 12.0. The van der Waals surface area contributed by atoms with Crippen LogP contribution in [0.5, 0.6) is 0 Å². The standard InChI is InChI=1S/C13H27NOS/c1-10-6-8-12(9-7-10)11(2)14-16(15)13(3,4)5/h10-12,14H,6-9H2,1-5H3/t10?,11-,12?,16?/m0/s1. The summed E-state index contributed by atoms with van der Waals surface area (Å²) in [6.07, 6.45) is 5.24. The lowest BCUT2D eigenvalue weighted by atomic mass is 9.80. The van der Waals surface area contributed by atoms with Crippen LogP contribution in [0.15, 0.2) is 0 Å². The Morgan fingerprint density at radius 1 is 1.19 bits per heavy atom. The van der Waals surface area contributed by atoms with Crippen molar-refractivity contribution in [3.05, 3.63) is 0 Å². The molecule has 1 rings (SSSR count). The second-order valence-corrected chi connectivity index (χ2v) is 8.31. The molecule has 0 aromatic heterocycles. The fourth-order valence-corrected chi connectivity index (χ4v) is 3.11. The third-order valence-corrected chi connectivity index (χ3v) is 5.31. The second-order valence-electron chi connectivity index (χ2n) is 6.31. The maximum Gasteiger partial charge on any atom is 0.0972 e. The van der Waals surface area contributed by atoms with Crippen molar-refractivity contribution in [2.45, 2.75) is 71.1 Å². The minimum absolute atomic E-state index is 0.157. The summed E-state index contributed by atoms with van der Waals surface area (Å²) in [5.41, 5.74) is 0. The minimum Gasteiger partial charge on any atom is -0.242 e. The fraction of sp³-hybridized carbons (Fsp3) is 1.00. The molecule has 0 radical (unpaired) electrons. The van der Waals surface area contributed by atoms with Crippen LogP contribution in [-0.2, 0) is 11.0 Å². The van der Waals surface area contributed by atoms with Crippen molar-refractivity contribution in [1.82, 2.24) is 4.72 Å². The van der Waals surface area contributed by atoms with Gasteiger partial charge < -0.3 is 0 Å². The predicted molar refractivity (Wildman–Crippen MR) is 71.6 cm³/mol. The molecule has 0 saturated heterocycles. The lowest BCUT2D eigenvalue weighted by Crippen LogP contribution is -2.42. The van der Waals surface area contributed by atoms with Crippen molar-refractivity contribution >= 4 is 11.0 Å². The quantitative estimate of drug-likeness (QED) is 0.812. The van der Waals surface area contributed by atoms with Gasteiger partial charge in [0.25, 0.3) is 0 Å². The molecule has 1 unspecified atom stereocenters. The van der Waals surface area contributed by atoms with Crippen molar-refractivity contribution in [3.8, 4) is 0 Å². The van der Waals surface area contributed by atoms with Crippen molar-refractivity contribution in [2.24, 2.45) is 11.8 Å². The Labute approximate surface area is 103 Å². The van der Waals surface area contributed by atoms with E-state index in [1.54, 1.807) is 0 Å². The summed E-state index contributed by atoms with van der Waals surface area (Å²) in [6, 6.07) is 0.382. The number of rotatable bonds is 3. The highest BCUT2D eigenvalue weighted by atomic mass is 32.2.